The van der Waals surface area contributed by atoms with Crippen molar-refractivity contribution < 1.29 is 96.8 Å². The number of halogens is 20. The first kappa shape index (κ1) is 51.9. The van der Waals surface area contributed by atoms with Gasteiger partial charge in [0.05, 0.1) is 11.6 Å². The van der Waals surface area contributed by atoms with Gasteiger partial charge in [-0.2, -0.15) is 5.26 Å². The van der Waals surface area contributed by atoms with Crippen molar-refractivity contribution in [1.82, 2.24) is 0 Å². The average molecular weight is 1030 g/mol. The molecule has 0 aromatic heterocycles. The van der Waals surface area contributed by atoms with Crippen LogP contribution in [0.3, 0.4) is 0 Å². The van der Waals surface area contributed by atoms with Gasteiger partial charge in [-0.3, -0.25) is 4.79 Å². The second-order valence-electron chi connectivity index (χ2n) is 14.4. The zero-order valence-corrected chi connectivity index (χ0v) is 34.4. The SMILES string of the molecule is Fc1c(F)c(F)c([B-](c2c(F)c(F)c(F)c(F)c2F)(c2c(F)c(F)c(F)c(F)c2F)c2c(F)c(F)c(F)c(F)c2F)c(F)c1F.N#Cc1ccc(C(=O)C[S+](=O)(c2ccccc2)c2ccccc2)cc1. The minimum atomic E-state index is -7.22. The lowest BCUT2D eigenvalue weighted by atomic mass is 9.12. The number of hydrogen-bond donors (Lipinski definition) is 0. The molecule has 362 valence electrons. The van der Waals surface area contributed by atoms with Crippen LogP contribution in [-0.4, -0.2) is 17.7 Å². The summed E-state index contributed by atoms with van der Waals surface area (Å²) in [6.07, 6.45) is -7.22. The molecule has 0 amide bonds. The first-order chi connectivity index (χ1) is 32.8. The Hall–Kier alpha value is -7.49. The molecule has 0 aliphatic carbocycles. The number of nitriles is 1. The molecule has 0 aliphatic heterocycles. The van der Waals surface area contributed by atoms with Crippen LogP contribution in [0, 0.1) is 128 Å². The predicted octanol–water partition coefficient (Wildman–Crippen LogP) is 10.2. The number of benzene rings is 7. The van der Waals surface area contributed by atoms with Crippen molar-refractivity contribution in [2.24, 2.45) is 0 Å². The summed E-state index contributed by atoms with van der Waals surface area (Å²) in [6, 6.07) is 26.6. The van der Waals surface area contributed by atoms with Crippen LogP contribution in [0.15, 0.2) is 94.7 Å². The normalized spacial score (nSPS) is 11.6. The lowest BCUT2D eigenvalue weighted by Gasteiger charge is -2.44. The smallest absolute Gasteiger partial charge is 0.212 e. The number of hydrogen-bond acceptors (Lipinski definition) is 3. The number of carbonyl (C=O) groups excluding carboxylic acids is 1. The maximum Gasteiger partial charge on any atom is 0.212 e. The van der Waals surface area contributed by atoms with E-state index >= 15 is 35.1 Å². The van der Waals surface area contributed by atoms with Crippen molar-refractivity contribution in [3.63, 3.8) is 0 Å². The van der Waals surface area contributed by atoms with E-state index in [0.717, 1.165) is 0 Å². The third-order valence-corrected chi connectivity index (χ3v) is 13.4. The fourth-order valence-corrected chi connectivity index (χ4v) is 9.79. The molecule has 0 atom stereocenters. The van der Waals surface area contributed by atoms with Gasteiger partial charge in [0.15, 0.2) is 95.3 Å². The standard InChI is InChI=1S/C24BF20.C21H16NO2S/c26-5-1(6(27)14(35)21(42)13(5)34)25(2-7(28)15(36)22(43)16(37)8(2)29,3-9(30)17(38)23(44)18(39)10(3)31)4-11(32)19(40)24(45)20(41)12(4)33;22-15-17-11-13-18(14-12-17)21(23)16-25(24,19-7-3-1-4-8-19)20-9-5-2-6-10-20/h;1-14H,16H2/q-1;+1. The van der Waals surface area contributed by atoms with Gasteiger partial charge in [0.2, 0.25) is 5.78 Å². The Labute approximate surface area is 379 Å². The largest absolute Gasteiger partial charge is 0.289 e. The molecule has 0 saturated heterocycles. The summed E-state index contributed by atoms with van der Waals surface area (Å²) in [6.45, 7) is 0. The van der Waals surface area contributed by atoms with Gasteiger partial charge >= 0.3 is 0 Å². The molecule has 0 saturated carbocycles. The Balaban J connectivity index is 0.000000270. The number of carbonyl (C=O) groups is 1. The third-order valence-electron chi connectivity index (χ3n) is 10.6. The van der Waals surface area contributed by atoms with Gasteiger partial charge in [-0.05, 0) is 48.5 Å². The van der Waals surface area contributed by atoms with Crippen LogP contribution in [-0.2, 0) is 14.1 Å². The number of Topliss-reactive ketones (excluding diaryl/α,β-unsaturated/α-hetero) is 1. The Morgan fingerprint density at radius 1 is 0.371 bits per heavy atom. The van der Waals surface area contributed by atoms with Gasteiger partial charge < -0.3 is 0 Å². The lowest BCUT2D eigenvalue weighted by Crippen LogP contribution is -2.81. The van der Waals surface area contributed by atoms with Gasteiger partial charge in [0.25, 0.3) is 0 Å². The second-order valence-corrected chi connectivity index (χ2v) is 16.9. The summed E-state index contributed by atoms with van der Waals surface area (Å²) in [5.74, 6) is -71.7. The van der Waals surface area contributed by atoms with E-state index < -0.39 is 154 Å². The topological polar surface area (TPSA) is 57.9 Å². The van der Waals surface area contributed by atoms with Gasteiger partial charge in [-0.25, -0.2) is 87.8 Å². The summed E-state index contributed by atoms with van der Waals surface area (Å²) in [5.41, 5.74) is -13.4. The molecule has 7 aromatic rings. The van der Waals surface area contributed by atoms with Gasteiger partial charge in [-0.1, -0.05) is 40.6 Å². The van der Waals surface area contributed by atoms with E-state index in [1.54, 1.807) is 48.5 Å². The van der Waals surface area contributed by atoms with Gasteiger partial charge in [-0.15, -0.1) is 21.9 Å². The van der Waals surface area contributed by atoms with E-state index in [-0.39, 0.29) is 11.5 Å². The maximum absolute atomic E-state index is 15.4. The summed E-state index contributed by atoms with van der Waals surface area (Å²) in [4.78, 5) is 14.0. The highest BCUT2D eigenvalue weighted by Gasteiger charge is 2.52. The zero-order chi connectivity index (χ0) is 52.1. The number of nitrogens with zero attached hydrogens (tertiary/aromatic N) is 1. The fraction of sp³-hybridized carbons (Fsp3) is 0.0222. The molecule has 0 radical (unpaired) electrons. The van der Waals surface area contributed by atoms with Crippen molar-refractivity contribution in [2.45, 2.75) is 9.79 Å². The highest BCUT2D eigenvalue weighted by Crippen LogP contribution is 2.32. The van der Waals surface area contributed by atoms with Crippen molar-refractivity contribution in [3.8, 4) is 6.07 Å². The first-order valence-corrected chi connectivity index (χ1v) is 20.4. The van der Waals surface area contributed by atoms with Crippen molar-refractivity contribution in [3.05, 3.63) is 212 Å². The fourth-order valence-electron chi connectivity index (χ4n) is 7.46. The Bertz CT molecular complexity index is 2930. The molecule has 25 heteroatoms. The van der Waals surface area contributed by atoms with Crippen LogP contribution < -0.4 is 21.9 Å². The molecule has 0 fully saturated rings. The van der Waals surface area contributed by atoms with E-state index in [4.69, 9.17) is 5.26 Å². The molecule has 3 nitrogen and oxygen atoms in total. The third kappa shape index (κ3) is 8.22. The Morgan fingerprint density at radius 2 is 0.600 bits per heavy atom. The molecule has 0 bridgehead atoms. The molecule has 0 unspecified atom stereocenters. The van der Waals surface area contributed by atoms with Gasteiger partial charge in [0.1, 0.15) is 52.7 Å². The number of ketones is 1. The molecule has 70 heavy (non-hydrogen) atoms. The van der Waals surface area contributed by atoms with E-state index in [1.807, 2.05) is 42.5 Å². The van der Waals surface area contributed by atoms with Crippen LogP contribution in [0.4, 0.5) is 87.8 Å². The monoisotopic (exact) mass is 1030 g/mol. The Kier molecular flexibility index (Phi) is 14.4. The minimum Gasteiger partial charge on any atom is -0.289 e. The molecule has 0 heterocycles. The van der Waals surface area contributed by atoms with E-state index in [0.29, 0.717) is 20.9 Å². The van der Waals surface area contributed by atoms with Crippen molar-refractivity contribution >= 4 is 43.7 Å². The van der Waals surface area contributed by atoms with Crippen LogP contribution in [0.5, 0.6) is 0 Å². The Morgan fingerprint density at radius 3 is 0.829 bits per heavy atom. The van der Waals surface area contributed by atoms with Crippen molar-refractivity contribution in [2.75, 3.05) is 5.75 Å². The van der Waals surface area contributed by atoms with Gasteiger partial charge in [0, 0.05) is 5.56 Å². The minimum absolute atomic E-state index is 0.104. The highest BCUT2D eigenvalue weighted by molar-refractivity contribution is 8.03. The zero-order valence-electron chi connectivity index (χ0n) is 33.6. The van der Waals surface area contributed by atoms with Crippen LogP contribution in [0.2, 0.25) is 0 Å². The highest BCUT2D eigenvalue weighted by atomic mass is 32.2. The first-order valence-electron chi connectivity index (χ1n) is 18.7. The molecular weight excluding hydrogens is 1010 g/mol. The quantitative estimate of drug-likeness (QED) is 0.0362. The van der Waals surface area contributed by atoms with Crippen LogP contribution in [0.1, 0.15) is 15.9 Å². The van der Waals surface area contributed by atoms with Crippen LogP contribution in [0.25, 0.3) is 0 Å². The molecular formula is C45H16BF20NO2S. The predicted molar refractivity (Wildman–Crippen MR) is 207 cm³/mol. The van der Waals surface area contributed by atoms with E-state index in [1.165, 1.54) is 0 Å². The molecule has 0 aliphatic rings. The van der Waals surface area contributed by atoms with E-state index in [2.05, 4.69) is 0 Å². The molecule has 0 spiro atoms. The van der Waals surface area contributed by atoms with E-state index in [9.17, 15) is 61.7 Å². The summed E-state index contributed by atoms with van der Waals surface area (Å²) >= 11 is 0. The summed E-state index contributed by atoms with van der Waals surface area (Å²) in [7, 11) is -2.72. The second kappa shape index (κ2) is 19.5. The molecule has 7 aromatic carbocycles. The lowest BCUT2D eigenvalue weighted by molar-refractivity contribution is 0.102. The van der Waals surface area contributed by atoms with Crippen LogP contribution >= 0.6 is 0 Å². The summed E-state index contributed by atoms with van der Waals surface area (Å²) in [5, 5.41) is 8.87. The molecule has 7 rings (SSSR count). The summed E-state index contributed by atoms with van der Waals surface area (Å²) < 4.78 is 308. The average Bonchev–Trinajstić information content (AvgIpc) is 3.36. The van der Waals surface area contributed by atoms with Crippen molar-refractivity contribution in [1.29, 1.82) is 5.26 Å². The molecule has 0 N–H and O–H groups in total. The number of rotatable bonds is 9. The maximum atomic E-state index is 15.4.